The number of aliphatic hydroxyl groups is 1. The van der Waals surface area contributed by atoms with Crippen molar-refractivity contribution in [3.63, 3.8) is 0 Å². The average Bonchev–Trinajstić information content (AvgIpc) is 3.15. The molecule has 1 N–H and O–H groups in total. The van der Waals surface area contributed by atoms with Crippen molar-refractivity contribution in [1.29, 1.82) is 5.26 Å². The van der Waals surface area contributed by atoms with Crippen molar-refractivity contribution < 1.29 is 24.2 Å². The van der Waals surface area contributed by atoms with E-state index in [0.29, 0.717) is 34.9 Å². The maximum absolute atomic E-state index is 13.3. The molecule has 1 unspecified atom stereocenters. The highest BCUT2D eigenvalue weighted by molar-refractivity contribution is 6.52. The van der Waals surface area contributed by atoms with Crippen LogP contribution in [0.3, 0.4) is 0 Å². The highest BCUT2D eigenvalue weighted by atomic mass is 35.5. The minimum Gasteiger partial charge on any atom is -0.507 e. The van der Waals surface area contributed by atoms with Gasteiger partial charge in [-0.15, -0.1) is 0 Å². The number of Topliss-reactive ketones (excluding diaryl/α,β-unsaturated/α-hetero) is 1. The molecule has 7 nitrogen and oxygen atoms in total. The van der Waals surface area contributed by atoms with E-state index < -0.39 is 23.5 Å². The maximum atomic E-state index is 13.3. The Morgan fingerprint density at radius 3 is 2.49 bits per heavy atom. The molecule has 1 fully saturated rings. The largest absolute Gasteiger partial charge is 0.507 e. The predicted octanol–water partition coefficient (Wildman–Crippen LogP) is 5.25. The van der Waals surface area contributed by atoms with Crippen molar-refractivity contribution in [2.45, 2.75) is 13.0 Å². The molecule has 1 saturated heterocycles. The van der Waals surface area contributed by atoms with Crippen molar-refractivity contribution in [1.82, 2.24) is 0 Å². The second-order valence-electron chi connectivity index (χ2n) is 7.68. The molecular weight excluding hydrogens is 468 g/mol. The quantitative estimate of drug-likeness (QED) is 0.289. The van der Waals surface area contributed by atoms with Crippen LogP contribution < -0.4 is 14.4 Å². The van der Waals surface area contributed by atoms with Crippen molar-refractivity contribution in [2.24, 2.45) is 0 Å². The highest BCUT2D eigenvalue weighted by Gasteiger charge is 2.47. The molecule has 1 amide bonds. The van der Waals surface area contributed by atoms with Crippen LogP contribution in [0.25, 0.3) is 5.76 Å². The van der Waals surface area contributed by atoms with Crippen LogP contribution >= 0.6 is 11.6 Å². The lowest BCUT2D eigenvalue weighted by Crippen LogP contribution is -2.29. The number of carbonyl (C=O) groups excluding carboxylic acids is 2. The molecule has 0 radical (unpaired) electrons. The lowest BCUT2D eigenvalue weighted by atomic mass is 9.94. The zero-order chi connectivity index (χ0) is 25.1. The van der Waals surface area contributed by atoms with Gasteiger partial charge in [0.1, 0.15) is 17.3 Å². The van der Waals surface area contributed by atoms with Crippen LogP contribution in [0, 0.1) is 11.3 Å². The van der Waals surface area contributed by atoms with Gasteiger partial charge in [0.2, 0.25) is 0 Å². The summed E-state index contributed by atoms with van der Waals surface area (Å²) in [6.45, 7) is 2.22. The summed E-state index contributed by atoms with van der Waals surface area (Å²) in [5, 5.41) is 20.7. The molecular formula is C27H21ClN2O5. The number of aliphatic hydroxyl groups excluding tert-OH is 1. The second kappa shape index (κ2) is 9.92. The zero-order valence-electron chi connectivity index (χ0n) is 19.0. The normalized spacial score (nSPS) is 16.7. The summed E-state index contributed by atoms with van der Waals surface area (Å²) in [5.74, 6) is -1.13. The number of ether oxygens (including phenoxy) is 2. The third-order valence-corrected chi connectivity index (χ3v) is 5.96. The van der Waals surface area contributed by atoms with Gasteiger partial charge in [-0.2, -0.15) is 5.26 Å². The molecule has 176 valence electrons. The summed E-state index contributed by atoms with van der Waals surface area (Å²) in [6.07, 6.45) is 0. The average molecular weight is 489 g/mol. The van der Waals surface area contributed by atoms with E-state index in [4.69, 9.17) is 26.3 Å². The Labute approximate surface area is 207 Å². The van der Waals surface area contributed by atoms with E-state index in [2.05, 4.69) is 0 Å². The van der Waals surface area contributed by atoms with Crippen LogP contribution in [-0.4, -0.2) is 30.5 Å². The standard InChI is InChI=1S/C27H21ClN2O5/c1-3-35-20-11-12-22(28)21(14-20)25(31)23-24(17-5-4-6-19(13-17)34-2)30(27(33)26(23)32)18-9-7-16(15-29)8-10-18/h4-14,24,31H,3H2,1-2H3/b25-23+. The SMILES string of the molecule is CCOc1ccc(Cl)c(/C(O)=C2\C(=O)C(=O)N(c3ccc(C#N)cc3)C2c2cccc(OC)c2)c1. The Morgan fingerprint density at radius 2 is 1.83 bits per heavy atom. The molecule has 4 rings (SSSR count). The summed E-state index contributed by atoms with van der Waals surface area (Å²) >= 11 is 6.37. The van der Waals surface area contributed by atoms with E-state index >= 15 is 0 Å². The van der Waals surface area contributed by atoms with E-state index in [9.17, 15) is 14.7 Å². The molecule has 1 heterocycles. The van der Waals surface area contributed by atoms with Crippen LogP contribution in [0.2, 0.25) is 5.02 Å². The lowest BCUT2D eigenvalue weighted by Gasteiger charge is -2.26. The third-order valence-electron chi connectivity index (χ3n) is 5.63. The monoisotopic (exact) mass is 488 g/mol. The van der Waals surface area contributed by atoms with Crippen LogP contribution in [0.1, 0.15) is 29.7 Å². The van der Waals surface area contributed by atoms with E-state index in [-0.39, 0.29) is 16.2 Å². The van der Waals surface area contributed by atoms with Crippen LogP contribution in [0.15, 0.2) is 72.3 Å². The van der Waals surface area contributed by atoms with E-state index in [1.54, 1.807) is 60.7 Å². The number of benzene rings is 3. The summed E-state index contributed by atoms with van der Waals surface area (Å²) in [5.41, 5.74) is 1.40. The molecule has 3 aromatic carbocycles. The summed E-state index contributed by atoms with van der Waals surface area (Å²) < 4.78 is 10.9. The van der Waals surface area contributed by atoms with Gasteiger partial charge in [-0.05, 0) is 67.1 Å². The number of methoxy groups -OCH3 is 1. The van der Waals surface area contributed by atoms with Crippen molar-refractivity contribution in [3.8, 4) is 17.6 Å². The molecule has 0 saturated carbocycles. The van der Waals surface area contributed by atoms with Crippen molar-refractivity contribution >= 4 is 34.7 Å². The Bertz CT molecular complexity index is 1380. The number of hydrogen-bond donors (Lipinski definition) is 1. The molecule has 1 aliphatic heterocycles. The van der Waals surface area contributed by atoms with Gasteiger partial charge >= 0.3 is 0 Å². The fourth-order valence-electron chi connectivity index (χ4n) is 4.01. The summed E-state index contributed by atoms with van der Waals surface area (Å²) in [4.78, 5) is 27.9. The molecule has 0 aromatic heterocycles. The van der Waals surface area contributed by atoms with Crippen LogP contribution in [0.5, 0.6) is 11.5 Å². The first-order chi connectivity index (χ1) is 16.9. The highest BCUT2D eigenvalue weighted by Crippen LogP contribution is 2.44. The summed E-state index contributed by atoms with van der Waals surface area (Å²) in [7, 11) is 1.51. The Hall–Kier alpha value is -4.28. The predicted molar refractivity (Wildman–Crippen MR) is 132 cm³/mol. The number of amides is 1. The number of hydrogen-bond acceptors (Lipinski definition) is 6. The Morgan fingerprint density at radius 1 is 1.09 bits per heavy atom. The molecule has 35 heavy (non-hydrogen) atoms. The minimum absolute atomic E-state index is 0.122. The maximum Gasteiger partial charge on any atom is 0.300 e. The first-order valence-corrected chi connectivity index (χ1v) is 11.1. The number of anilines is 1. The molecule has 0 bridgehead atoms. The first-order valence-electron chi connectivity index (χ1n) is 10.8. The fraction of sp³-hybridized carbons (Fsp3) is 0.148. The number of rotatable bonds is 6. The topological polar surface area (TPSA) is 99.9 Å². The number of nitriles is 1. The van der Waals surface area contributed by atoms with Gasteiger partial charge in [0, 0.05) is 11.3 Å². The fourth-order valence-corrected chi connectivity index (χ4v) is 4.22. The number of ketones is 1. The second-order valence-corrected chi connectivity index (χ2v) is 8.09. The zero-order valence-corrected chi connectivity index (χ0v) is 19.7. The molecule has 0 aliphatic carbocycles. The van der Waals surface area contributed by atoms with Crippen molar-refractivity contribution in [2.75, 3.05) is 18.6 Å². The Kier molecular flexibility index (Phi) is 6.76. The molecule has 8 heteroatoms. The van der Waals surface area contributed by atoms with Crippen LogP contribution in [0.4, 0.5) is 5.69 Å². The van der Waals surface area contributed by atoms with Gasteiger partial charge < -0.3 is 14.6 Å². The van der Waals surface area contributed by atoms with Gasteiger partial charge in [-0.25, -0.2) is 0 Å². The summed E-state index contributed by atoms with van der Waals surface area (Å²) in [6, 6.07) is 19.0. The lowest BCUT2D eigenvalue weighted by molar-refractivity contribution is -0.132. The van der Waals surface area contributed by atoms with Gasteiger partial charge in [0.15, 0.2) is 0 Å². The van der Waals surface area contributed by atoms with Crippen LogP contribution in [-0.2, 0) is 9.59 Å². The Balaban J connectivity index is 1.96. The molecule has 1 aliphatic rings. The smallest absolute Gasteiger partial charge is 0.300 e. The van der Waals surface area contributed by atoms with Gasteiger partial charge in [-0.3, -0.25) is 14.5 Å². The number of nitrogens with zero attached hydrogens (tertiary/aromatic N) is 2. The van der Waals surface area contributed by atoms with Gasteiger partial charge in [-0.1, -0.05) is 23.7 Å². The molecule has 1 atom stereocenters. The van der Waals surface area contributed by atoms with E-state index in [1.807, 2.05) is 13.0 Å². The van der Waals surface area contributed by atoms with Gasteiger partial charge in [0.25, 0.3) is 11.7 Å². The first kappa shape index (κ1) is 23.9. The minimum atomic E-state index is -0.968. The van der Waals surface area contributed by atoms with E-state index in [0.717, 1.165) is 0 Å². The molecule has 3 aromatic rings. The third kappa shape index (κ3) is 4.44. The van der Waals surface area contributed by atoms with Gasteiger partial charge in [0.05, 0.1) is 42.0 Å². The van der Waals surface area contributed by atoms with Crippen molar-refractivity contribution in [3.05, 3.63) is 94.0 Å². The number of halogens is 1. The number of carbonyl (C=O) groups is 2. The molecule has 0 spiro atoms. The van der Waals surface area contributed by atoms with E-state index in [1.165, 1.54) is 18.1 Å².